The normalized spacial score (nSPS) is 11.2. The highest BCUT2D eigenvalue weighted by molar-refractivity contribution is 5.66. The van der Waals surface area contributed by atoms with E-state index in [1.165, 1.54) is 5.56 Å². The van der Waals surface area contributed by atoms with Crippen LogP contribution in [0.25, 0.3) is 0 Å². The SMILES string of the molecule is COc1cc(C)ccc1N=CCn1cc(C)c(C)n1. The summed E-state index contributed by atoms with van der Waals surface area (Å²) in [5.41, 5.74) is 4.26. The average molecular weight is 257 g/mol. The van der Waals surface area contributed by atoms with E-state index in [-0.39, 0.29) is 0 Å². The van der Waals surface area contributed by atoms with Crippen LogP contribution in [0.15, 0.2) is 29.4 Å². The van der Waals surface area contributed by atoms with E-state index in [9.17, 15) is 0 Å². The first kappa shape index (κ1) is 13.3. The van der Waals surface area contributed by atoms with Crippen LogP contribution in [0.2, 0.25) is 0 Å². The van der Waals surface area contributed by atoms with E-state index in [2.05, 4.69) is 17.0 Å². The molecule has 0 saturated heterocycles. The fourth-order valence-electron chi connectivity index (χ4n) is 1.83. The first-order valence-corrected chi connectivity index (χ1v) is 6.28. The van der Waals surface area contributed by atoms with Crippen LogP contribution in [-0.4, -0.2) is 23.1 Å². The average Bonchev–Trinajstić information content (AvgIpc) is 2.70. The van der Waals surface area contributed by atoms with Gasteiger partial charge in [0.05, 0.1) is 19.3 Å². The van der Waals surface area contributed by atoms with Crippen molar-refractivity contribution in [3.8, 4) is 5.75 Å². The Bertz CT molecular complexity index is 580. The maximum Gasteiger partial charge on any atom is 0.144 e. The van der Waals surface area contributed by atoms with Gasteiger partial charge >= 0.3 is 0 Å². The molecule has 0 spiro atoms. The summed E-state index contributed by atoms with van der Waals surface area (Å²) in [6.45, 7) is 6.75. The number of hydrogen-bond donors (Lipinski definition) is 0. The lowest BCUT2D eigenvalue weighted by molar-refractivity contribution is 0.416. The second kappa shape index (κ2) is 5.69. The molecule has 4 heteroatoms. The topological polar surface area (TPSA) is 39.4 Å². The van der Waals surface area contributed by atoms with Gasteiger partial charge < -0.3 is 4.74 Å². The van der Waals surface area contributed by atoms with Crippen molar-refractivity contribution in [1.82, 2.24) is 9.78 Å². The van der Waals surface area contributed by atoms with Crippen LogP contribution < -0.4 is 4.74 Å². The molecule has 0 aliphatic rings. The van der Waals surface area contributed by atoms with Crippen molar-refractivity contribution >= 4 is 11.9 Å². The van der Waals surface area contributed by atoms with Crippen molar-refractivity contribution < 1.29 is 4.74 Å². The Morgan fingerprint density at radius 1 is 1.32 bits per heavy atom. The minimum atomic E-state index is 0.658. The number of benzene rings is 1. The highest BCUT2D eigenvalue weighted by Gasteiger charge is 2.01. The predicted octanol–water partition coefficient (Wildman–Crippen LogP) is 3.22. The summed E-state index contributed by atoms with van der Waals surface area (Å²) in [6, 6.07) is 5.97. The molecule has 0 saturated carbocycles. The van der Waals surface area contributed by atoms with Crippen molar-refractivity contribution in [3.05, 3.63) is 41.2 Å². The first-order valence-electron chi connectivity index (χ1n) is 6.28. The molecule has 0 bridgehead atoms. The Hall–Kier alpha value is -2.10. The zero-order valence-corrected chi connectivity index (χ0v) is 11.8. The van der Waals surface area contributed by atoms with Gasteiger partial charge in [0.25, 0.3) is 0 Å². The fourth-order valence-corrected chi connectivity index (χ4v) is 1.83. The highest BCUT2D eigenvalue weighted by atomic mass is 16.5. The summed E-state index contributed by atoms with van der Waals surface area (Å²) in [7, 11) is 1.66. The number of hydrogen-bond acceptors (Lipinski definition) is 3. The maximum absolute atomic E-state index is 5.32. The maximum atomic E-state index is 5.32. The number of ether oxygens (including phenoxy) is 1. The highest BCUT2D eigenvalue weighted by Crippen LogP contribution is 2.27. The summed E-state index contributed by atoms with van der Waals surface area (Å²) in [4.78, 5) is 4.44. The third kappa shape index (κ3) is 3.22. The lowest BCUT2D eigenvalue weighted by Gasteiger charge is -2.04. The third-order valence-electron chi connectivity index (χ3n) is 3.03. The molecule has 1 aromatic carbocycles. The van der Waals surface area contributed by atoms with Gasteiger partial charge in [-0.25, -0.2) is 0 Å². The van der Waals surface area contributed by atoms with Crippen LogP contribution >= 0.6 is 0 Å². The van der Waals surface area contributed by atoms with E-state index in [1.54, 1.807) is 7.11 Å². The van der Waals surface area contributed by atoms with E-state index in [4.69, 9.17) is 4.74 Å². The number of aliphatic imine (C=N–C) groups is 1. The molecule has 0 fully saturated rings. The zero-order chi connectivity index (χ0) is 13.8. The largest absolute Gasteiger partial charge is 0.494 e. The minimum absolute atomic E-state index is 0.658. The quantitative estimate of drug-likeness (QED) is 0.789. The molecule has 1 heterocycles. The van der Waals surface area contributed by atoms with Gasteiger partial charge in [-0.15, -0.1) is 0 Å². The van der Waals surface area contributed by atoms with E-state index >= 15 is 0 Å². The first-order chi connectivity index (χ1) is 9.10. The summed E-state index contributed by atoms with van der Waals surface area (Å²) in [6.07, 6.45) is 3.87. The van der Waals surface area contributed by atoms with Gasteiger partial charge in [-0.05, 0) is 44.0 Å². The van der Waals surface area contributed by atoms with Gasteiger partial charge in [0.1, 0.15) is 11.4 Å². The minimum Gasteiger partial charge on any atom is -0.494 e. The standard InChI is InChI=1S/C15H19N3O/c1-11-5-6-14(15(9-11)19-4)16-7-8-18-10-12(2)13(3)17-18/h5-7,9-10H,8H2,1-4H3. The molecular weight excluding hydrogens is 238 g/mol. The Morgan fingerprint density at radius 3 is 2.74 bits per heavy atom. The van der Waals surface area contributed by atoms with Crippen molar-refractivity contribution in [1.29, 1.82) is 0 Å². The third-order valence-corrected chi connectivity index (χ3v) is 3.03. The van der Waals surface area contributed by atoms with Gasteiger partial charge in [-0.2, -0.15) is 5.10 Å². The monoisotopic (exact) mass is 257 g/mol. The number of aryl methyl sites for hydroxylation is 3. The molecule has 19 heavy (non-hydrogen) atoms. The van der Waals surface area contributed by atoms with Crippen LogP contribution in [0.3, 0.4) is 0 Å². The Labute approximate surface area is 113 Å². The molecule has 0 amide bonds. The summed E-state index contributed by atoms with van der Waals surface area (Å²) in [5, 5.41) is 4.39. The van der Waals surface area contributed by atoms with Gasteiger partial charge in [0.2, 0.25) is 0 Å². The van der Waals surface area contributed by atoms with Crippen LogP contribution in [0.1, 0.15) is 16.8 Å². The van der Waals surface area contributed by atoms with Crippen LogP contribution in [0.5, 0.6) is 5.75 Å². The molecule has 0 aliphatic heterocycles. The molecule has 0 unspecified atom stereocenters. The molecule has 1 aromatic heterocycles. The Morgan fingerprint density at radius 2 is 2.11 bits per heavy atom. The van der Waals surface area contributed by atoms with Crippen molar-refractivity contribution in [3.63, 3.8) is 0 Å². The second-order valence-corrected chi connectivity index (χ2v) is 4.61. The number of nitrogens with zero attached hydrogens (tertiary/aromatic N) is 3. The summed E-state index contributed by atoms with van der Waals surface area (Å²) in [5.74, 6) is 0.795. The van der Waals surface area contributed by atoms with E-state index in [0.29, 0.717) is 6.54 Å². The zero-order valence-electron chi connectivity index (χ0n) is 11.8. The van der Waals surface area contributed by atoms with E-state index in [0.717, 1.165) is 22.7 Å². The fraction of sp³-hybridized carbons (Fsp3) is 0.333. The van der Waals surface area contributed by atoms with Crippen molar-refractivity contribution in [2.45, 2.75) is 27.3 Å². The Kier molecular flexibility index (Phi) is 4.00. The summed E-state index contributed by atoms with van der Waals surface area (Å²) < 4.78 is 7.20. The van der Waals surface area contributed by atoms with Crippen LogP contribution in [0, 0.1) is 20.8 Å². The number of aromatic nitrogens is 2. The number of methoxy groups -OCH3 is 1. The van der Waals surface area contributed by atoms with Gasteiger partial charge in [-0.3, -0.25) is 9.67 Å². The molecular formula is C15H19N3O. The molecule has 0 N–H and O–H groups in total. The predicted molar refractivity (Wildman–Crippen MR) is 77.6 cm³/mol. The Balaban J connectivity index is 2.10. The lowest BCUT2D eigenvalue weighted by atomic mass is 10.2. The van der Waals surface area contributed by atoms with Gasteiger partial charge in [0, 0.05) is 12.4 Å². The number of rotatable bonds is 4. The van der Waals surface area contributed by atoms with Crippen LogP contribution in [-0.2, 0) is 6.54 Å². The van der Waals surface area contributed by atoms with E-state index in [1.807, 2.05) is 49.1 Å². The molecule has 0 radical (unpaired) electrons. The summed E-state index contributed by atoms with van der Waals surface area (Å²) >= 11 is 0. The molecule has 100 valence electrons. The molecule has 0 aliphatic carbocycles. The van der Waals surface area contributed by atoms with Crippen LogP contribution in [0.4, 0.5) is 5.69 Å². The van der Waals surface area contributed by atoms with Gasteiger partial charge in [-0.1, -0.05) is 6.07 Å². The molecule has 2 rings (SSSR count). The van der Waals surface area contributed by atoms with Crippen molar-refractivity contribution in [2.24, 2.45) is 4.99 Å². The van der Waals surface area contributed by atoms with Gasteiger partial charge in [0.15, 0.2) is 0 Å². The molecule has 4 nitrogen and oxygen atoms in total. The second-order valence-electron chi connectivity index (χ2n) is 4.61. The van der Waals surface area contributed by atoms with E-state index < -0.39 is 0 Å². The smallest absolute Gasteiger partial charge is 0.144 e. The van der Waals surface area contributed by atoms with Crippen molar-refractivity contribution in [2.75, 3.05) is 7.11 Å². The molecule has 0 atom stereocenters. The lowest BCUT2D eigenvalue weighted by Crippen LogP contribution is -1.99. The molecule has 2 aromatic rings.